The molecule has 0 spiro atoms. The Hall–Kier alpha value is -1.04. The fraction of sp³-hybridized carbons (Fsp3) is 0.556. The lowest BCUT2D eigenvalue weighted by atomic mass is 10.3. The first-order chi connectivity index (χ1) is 7.00. The van der Waals surface area contributed by atoms with Crippen molar-refractivity contribution in [3.63, 3.8) is 0 Å². The minimum absolute atomic E-state index is 0.0837. The summed E-state index contributed by atoms with van der Waals surface area (Å²) in [5.41, 5.74) is 0.303. The number of hydrogen-bond donors (Lipinski definition) is 1. The Labute approximate surface area is 90.8 Å². The van der Waals surface area contributed by atoms with Crippen LogP contribution < -0.4 is 5.32 Å². The van der Waals surface area contributed by atoms with Gasteiger partial charge in [-0.05, 0) is 13.8 Å². The second-order valence-corrected chi connectivity index (χ2v) is 4.89. The van der Waals surface area contributed by atoms with E-state index in [0.717, 1.165) is 0 Å². The van der Waals surface area contributed by atoms with Gasteiger partial charge in [-0.15, -0.1) is 0 Å². The van der Waals surface area contributed by atoms with E-state index in [1.54, 1.807) is 13.2 Å². The molecule has 0 aromatic carbocycles. The average Bonchev–Trinajstić information content (AvgIpc) is 2.11. The van der Waals surface area contributed by atoms with Crippen LogP contribution in [0.2, 0.25) is 0 Å². The molecule has 0 saturated carbocycles. The number of nitrogens with zero attached hydrogens (tertiary/aromatic N) is 2. The zero-order valence-corrected chi connectivity index (χ0v) is 9.77. The van der Waals surface area contributed by atoms with Crippen LogP contribution in [0.25, 0.3) is 0 Å². The maximum absolute atomic E-state index is 13.4. The molecule has 1 N–H and O–H groups in total. The molecule has 1 aromatic rings. The molecule has 1 heterocycles. The summed E-state index contributed by atoms with van der Waals surface area (Å²) >= 11 is 0. The molecule has 2 unspecified atom stereocenters. The zero-order chi connectivity index (χ0) is 11.4. The first-order valence-electron chi connectivity index (χ1n) is 4.54. The minimum Gasteiger partial charge on any atom is -0.364 e. The highest BCUT2D eigenvalue weighted by Crippen LogP contribution is 2.12. The first kappa shape index (κ1) is 12.0. The van der Waals surface area contributed by atoms with E-state index in [4.69, 9.17) is 0 Å². The van der Waals surface area contributed by atoms with Crippen molar-refractivity contribution in [2.24, 2.45) is 0 Å². The highest BCUT2D eigenvalue weighted by atomic mass is 32.2. The van der Waals surface area contributed by atoms with Crippen LogP contribution in [0, 0.1) is 12.7 Å². The minimum atomic E-state index is -0.910. The lowest BCUT2D eigenvalue weighted by Crippen LogP contribution is -2.23. The molecule has 0 aliphatic heterocycles. The van der Waals surface area contributed by atoms with Crippen LogP contribution in [0.15, 0.2) is 6.33 Å². The Morgan fingerprint density at radius 1 is 1.60 bits per heavy atom. The SMILES string of the molecule is Cc1ncnc(NC(C)CS(C)=O)c1F. The number of anilines is 1. The quantitative estimate of drug-likeness (QED) is 0.843. The van der Waals surface area contributed by atoms with Crippen LogP contribution in [-0.4, -0.2) is 32.2 Å². The summed E-state index contributed by atoms with van der Waals surface area (Å²) in [7, 11) is -0.910. The van der Waals surface area contributed by atoms with Crippen LogP contribution in [0.1, 0.15) is 12.6 Å². The number of nitrogens with one attached hydrogen (secondary N) is 1. The summed E-state index contributed by atoms with van der Waals surface area (Å²) in [6.45, 7) is 3.41. The highest BCUT2D eigenvalue weighted by Gasteiger charge is 2.11. The summed E-state index contributed by atoms with van der Waals surface area (Å²) in [6, 6.07) is -0.0837. The fourth-order valence-electron chi connectivity index (χ4n) is 1.19. The molecule has 0 aliphatic carbocycles. The first-order valence-corrected chi connectivity index (χ1v) is 6.27. The third-order valence-corrected chi connectivity index (χ3v) is 2.80. The van der Waals surface area contributed by atoms with E-state index in [9.17, 15) is 8.60 Å². The summed E-state index contributed by atoms with van der Waals surface area (Å²) in [4.78, 5) is 7.51. The maximum Gasteiger partial charge on any atom is 0.186 e. The van der Waals surface area contributed by atoms with Crippen LogP contribution in [0.4, 0.5) is 10.2 Å². The lowest BCUT2D eigenvalue weighted by molar-refractivity contribution is 0.602. The monoisotopic (exact) mass is 231 g/mol. The topological polar surface area (TPSA) is 54.9 Å². The van der Waals surface area contributed by atoms with Crippen molar-refractivity contribution < 1.29 is 8.60 Å². The predicted octanol–water partition coefficient (Wildman–Crippen LogP) is 1.10. The number of aromatic nitrogens is 2. The lowest BCUT2D eigenvalue weighted by Gasteiger charge is -2.13. The van der Waals surface area contributed by atoms with Crippen LogP contribution >= 0.6 is 0 Å². The molecule has 0 aliphatic rings. The molecule has 15 heavy (non-hydrogen) atoms. The summed E-state index contributed by atoms with van der Waals surface area (Å²) in [5, 5.41) is 2.86. The van der Waals surface area contributed by atoms with Crippen molar-refractivity contribution in [2.75, 3.05) is 17.3 Å². The molecule has 1 aromatic heterocycles. The van der Waals surface area contributed by atoms with E-state index in [2.05, 4.69) is 15.3 Å². The van der Waals surface area contributed by atoms with Gasteiger partial charge in [0, 0.05) is 28.9 Å². The van der Waals surface area contributed by atoms with Crippen LogP contribution in [-0.2, 0) is 10.8 Å². The van der Waals surface area contributed by atoms with Gasteiger partial charge in [-0.3, -0.25) is 4.21 Å². The van der Waals surface area contributed by atoms with Gasteiger partial charge in [0.05, 0.1) is 5.69 Å². The molecule has 0 fully saturated rings. The van der Waals surface area contributed by atoms with E-state index in [1.165, 1.54) is 6.33 Å². The van der Waals surface area contributed by atoms with Crippen molar-refractivity contribution in [1.29, 1.82) is 0 Å². The van der Waals surface area contributed by atoms with Gasteiger partial charge in [0.1, 0.15) is 6.33 Å². The van der Waals surface area contributed by atoms with Crippen molar-refractivity contribution in [2.45, 2.75) is 19.9 Å². The van der Waals surface area contributed by atoms with Gasteiger partial charge in [-0.1, -0.05) is 0 Å². The van der Waals surface area contributed by atoms with E-state index in [0.29, 0.717) is 11.4 Å². The summed E-state index contributed by atoms with van der Waals surface area (Å²) in [5.74, 6) is 0.175. The van der Waals surface area contributed by atoms with Gasteiger partial charge in [0.15, 0.2) is 11.6 Å². The van der Waals surface area contributed by atoms with E-state index >= 15 is 0 Å². The Balaban J connectivity index is 2.72. The number of aryl methyl sites for hydroxylation is 1. The van der Waals surface area contributed by atoms with Crippen LogP contribution in [0.5, 0.6) is 0 Å². The highest BCUT2D eigenvalue weighted by molar-refractivity contribution is 7.84. The van der Waals surface area contributed by atoms with E-state index in [-0.39, 0.29) is 11.9 Å². The van der Waals surface area contributed by atoms with Crippen molar-refractivity contribution in [1.82, 2.24) is 9.97 Å². The predicted molar refractivity (Wildman–Crippen MR) is 58.7 cm³/mol. The third kappa shape index (κ3) is 3.54. The number of rotatable bonds is 4. The van der Waals surface area contributed by atoms with Gasteiger partial charge >= 0.3 is 0 Å². The maximum atomic E-state index is 13.4. The second-order valence-electron chi connectivity index (χ2n) is 3.41. The van der Waals surface area contributed by atoms with Crippen LogP contribution in [0.3, 0.4) is 0 Å². The summed E-state index contributed by atoms with van der Waals surface area (Å²) in [6.07, 6.45) is 2.91. The fourth-order valence-corrected chi connectivity index (χ4v) is 1.97. The van der Waals surface area contributed by atoms with Gasteiger partial charge in [0.2, 0.25) is 0 Å². The molecule has 0 bridgehead atoms. The smallest absolute Gasteiger partial charge is 0.186 e. The average molecular weight is 231 g/mol. The molecular weight excluding hydrogens is 217 g/mol. The molecule has 2 atom stereocenters. The molecule has 4 nitrogen and oxygen atoms in total. The van der Waals surface area contributed by atoms with Gasteiger partial charge in [-0.25, -0.2) is 14.4 Å². The van der Waals surface area contributed by atoms with Gasteiger partial charge in [0.25, 0.3) is 0 Å². The molecule has 0 radical (unpaired) electrons. The molecule has 84 valence electrons. The Kier molecular flexibility index (Phi) is 4.14. The zero-order valence-electron chi connectivity index (χ0n) is 8.95. The molecule has 6 heteroatoms. The third-order valence-electron chi connectivity index (χ3n) is 1.83. The van der Waals surface area contributed by atoms with Crippen molar-refractivity contribution >= 4 is 16.6 Å². The van der Waals surface area contributed by atoms with Gasteiger partial charge in [-0.2, -0.15) is 0 Å². The van der Waals surface area contributed by atoms with E-state index in [1.807, 2.05) is 6.92 Å². The molecule has 1 rings (SSSR count). The number of halogens is 1. The Bertz CT molecular complexity index is 372. The standard InChI is InChI=1S/C9H14FN3OS/c1-6(4-15(3)14)13-9-8(10)7(2)11-5-12-9/h5-6H,4H2,1-3H3,(H,11,12,13). The van der Waals surface area contributed by atoms with Crippen molar-refractivity contribution in [3.05, 3.63) is 17.8 Å². The molecule has 0 amide bonds. The van der Waals surface area contributed by atoms with Gasteiger partial charge < -0.3 is 5.32 Å². The second kappa shape index (κ2) is 5.16. The normalized spacial score (nSPS) is 14.7. The number of hydrogen-bond acceptors (Lipinski definition) is 4. The largest absolute Gasteiger partial charge is 0.364 e. The Morgan fingerprint density at radius 3 is 2.87 bits per heavy atom. The van der Waals surface area contributed by atoms with E-state index < -0.39 is 16.6 Å². The molecule has 0 saturated heterocycles. The van der Waals surface area contributed by atoms with Crippen molar-refractivity contribution in [3.8, 4) is 0 Å². The molecular formula is C9H14FN3OS. The summed E-state index contributed by atoms with van der Waals surface area (Å²) < 4.78 is 24.4. The Morgan fingerprint density at radius 2 is 2.27 bits per heavy atom.